The Kier molecular flexibility index (Phi) is 4.37. The normalized spacial score (nSPS) is 12.5. The highest BCUT2D eigenvalue weighted by Gasteiger charge is 2.17. The van der Waals surface area contributed by atoms with Crippen molar-refractivity contribution in [1.82, 2.24) is 14.8 Å². The maximum atomic E-state index is 11.9. The number of hydrogen-bond donors (Lipinski definition) is 2. The number of pyridine rings is 1. The van der Waals surface area contributed by atoms with Crippen LogP contribution in [0.4, 0.5) is 5.69 Å². The summed E-state index contributed by atoms with van der Waals surface area (Å²) in [6, 6.07) is 5.07. The second kappa shape index (κ2) is 6.05. The van der Waals surface area contributed by atoms with E-state index >= 15 is 0 Å². The minimum atomic E-state index is -0.527. The van der Waals surface area contributed by atoms with Crippen LogP contribution in [0.15, 0.2) is 24.4 Å². The Morgan fingerprint density at radius 2 is 2.05 bits per heavy atom. The van der Waals surface area contributed by atoms with E-state index in [1.807, 2.05) is 39.8 Å². The molecule has 0 unspecified atom stereocenters. The van der Waals surface area contributed by atoms with Crippen LogP contribution in [0.5, 0.6) is 0 Å². The maximum absolute atomic E-state index is 11.9. The average Bonchev–Trinajstić information content (AvgIpc) is 2.77. The third-order valence-corrected chi connectivity index (χ3v) is 3.26. The molecular formula is C15H21N5O. The summed E-state index contributed by atoms with van der Waals surface area (Å²) in [7, 11) is 0. The molecule has 0 bridgehead atoms. The molecule has 0 saturated heterocycles. The Hall–Kier alpha value is -2.21. The van der Waals surface area contributed by atoms with E-state index in [1.165, 1.54) is 0 Å². The molecule has 0 aromatic carbocycles. The zero-order valence-electron chi connectivity index (χ0n) is 12.8. The lowest BCUT2D eigenvalue weighted by Gasteiger charge is -2.15. The Morgan fingerprint density at radius 3 is 2.52 bits per heavy atom. The summed E-state index contributed by atoms with van der Waals surface area (Å²) in [6.45, 7) is 7.73. The molecule has 2 aromatic heterocycles. The van der Waals surface area contributed by atoms with Gasteiger partial charge in [0.2, 0.25) is 5.91 Å². The summed E-state index contributed by atoms with van der Waals surface area (Å²) >= 11 is 0. The van der Waals surface area contributed by atoms with Gasteiger partial charge in [0.15, 0.2) is 5.82 Å². The minimum absolute atomic E-state index is 0.0898. The second-order valence-electron chi connectivity index (χ2n) is 5.50. The summed E-state index contributed by atoms with van der Waals surface area (Å²) in [5, 5.41) is 7.13. The highest BCUT2D eigenvalue weighted by Crippen LogP contribution is 2.13. The van der Waals surface area contributed by atoms with Crippen LogP contribution in [-0.4, -0.2) is 26.7 Å². The van der Waals surface area contributed by atoms with Crippen molar-refractivity contribution in [2.45, 2.75) is 33.7 Å². The molecule has 2 rings (SSSR count). The molecule has 2 aromatic rings. The van der Waals surface area contributed by atoms with Crippen molar-refractivity contribution in [2.24, 2.45) is 11.7 Å². The lowest BCUT2D eigenvalue weighted by molar-refractivity contribution is -0.118. The smallest absolute Gasteiger partial charge is 0.241 e. The predicted octanol–water partition coefficient (Wildman–Crippen LogP) is 1.81. The molecule has 1 atom stereocenters. The van der Waals surface area contributed by atoms with Gasteiger partial charge in [-0.25, -0.2) is 9.67 Å². The molecule has 0 aliphatic rings. The fourth-order valence-electron chi connectivity index (χ4n) is 1.97. The van der Waals surface area contributed by atoms with Crippen LogP contribution in [0.25, 0.3) is 5.82 Å². The van der Waals surface area contributed by atoms with Crippen LogP contribution >= 0.6 is 0 Å². The number of nitrogens with two attached hydrogens (primary N) is 1. The standard InChI is InChI=1S/C15H21N5O/c1-9(2)14(16)15(21)18-12-5-6-13(17-8-12)20-11(4)7-10(3)19-20/h5-9,14H,16H2,1-4H3,(H,18,21)/t14-/m0/s1. The van der Waals surface area contributed by atoms with Crippen LogP contribution in [-0.2, 0) is 4.79 Å². The summed E-state index contributed by atoms with van der Waals surface area (Å²) in [4.78, 5) is 16.2. The van der Waals surface area contributed by atoms with Crippen molar-refractivity contribution in [1.29, 1.82) is 0 Å². The van der Waals surface area contributed by atoms with E-state index in [4.69, 9.17) is 5.73 Å². The summed E-state index contributed by atoms with van der Waals surface area (Å²) < 4.78 is 1.76. The van der Waals surface area contributed by atoms with E-state index < -0.39 is 6.04 Å². The third kappa shape index (κ3) is 3.46. The van der Waals surface area contributed by atoms with Gasteiger partial charge in [0.25, 0.3) is 0 Å². The number of anilines is 1. The molecule has 21 heavy (non-hydrogen) atoms. The van der Waals surface area contributed by atoms with Crippen molar-refractivity contribution in [3.63, 3.8) is 0 Å². The molecule has 0 spiro atoms. The number of carbonyl (C=O) groups excluding carboxylic acids is 1. The van der Waals surface area contributed by atoms with Gasteiger partial charge in [-0.05, 0) is 38.0 Å². The first-order valence-electron chi connectivity index (χ1n) is 6.94. The van der Waals surface area contributed by atoms with Crippen molar-refractivity contribution >= 4 is 11.6 Å². The Balaban J connectivity index is 2.13. The molecule has 1 amide bonds. The minimum Gasteiger partial charge on any atom is -0.323 e. The molecule has 3 N–H and O–H groups in total. The van der Waals surface area contributed by atoms with Gasteiger partial charge in [-0.2, -0.15) is 5.10 Å². The van der Waals surface area contributed by atoms with Gasteiger partial charge in [-0.1, -0.05) is 13.8 Å². The quantitative estimate of drug-likeness (QED) is 0.898. The molecule has 2 heterocycles. The molecule has 6 heteroatoms. The van der Waals surface area contributed by atoms with Crippen molar-refractivity contribution in [3.05, 3.63) is 35.8 Å². The largest absolute Gasteiger partial charge is 0.323 e. The van der Waals surface area contributed by atoms with E-state index in [1.54, 1.807) is 16.9 Å². The molecular weight excluding hydrogens is 266 g/mol. The van der Waals surface area contributed by atoms with Crippen molar-refractivity contribution in [3.8, 4) is 5.82 Å². The molecule has 0 radical (unpaired) electrons. The topological polar surface area (TPSA) is 85.8 Å². The van der Waals surface area contributed by atoms with Gasteiger partial charge >= 0.3 is 0 Å². The van der Waals surface area contributed by atoms with Gasteiger partial charge in [0.05, 0.1) is 23.6 Å². The van der Waals surface area contributed by atoms with E-state index in [9.17, 15) is 4.79 Å². The number of aromatic nitrogens is 3. The Morgan fingerprint density at radius 1 is 1.33 bits per heavy atom. The van der Waals surface area contributed by atoms with E-state index in [2.05, 4.69) is 15.4 Å². The molecule has 112 valence electrons. The van der Waals surface area contributed by atoms with Gasteiger partial charge in [0, 0.05) is 5.69 Å². The fraction of sp³-hybridized carbons (Fsp3) is 0.400. The molecule has 6 nitrogen and oxygen atoms in total. The SMILES string of the molecule is Cc1cc(C)n(-c2ccc(NC(=O)[C@@H](N)C(C)C)cn2)n1. The maximum Gasteiger partial charge on any atom is 0.241 e. The number of aryl methyl sites for hydroxylation is 2. The number of rotatable bonds is 4. The van der Waals surface area contributed by atoms with E-state index in [-0.39, 0.29) is 11.8 Å². The Bertz CT molecular complexity index is 630. The average molecular weight is 287 g/mol. The first-order valence-corrected chi connectivity index (χ1v) is 6.94. The highest BCUT2D eigenvalue weighted by atomic mass is 16.2. The summed E-state index contributed by atoms with van der Waals surface area (Å²) in [5.41, 5.74) is 8.38. The van der Waals surface area contributed by atoms with Crippen LogP contribution in [0.2, 0.25) is 0 Å². The zero-order valence-corrected chi connectivity index (χ0v) is 12.8. The predicted molar refractivity (Wildman–Crippen MR) is 82.3 cm³/mol. The molecule has 0 aliphatic heterocycles. The first-order chi connectivity index (χ1) is 9.88. The van der Waals surface area contributed by atoms with Crippen molar-refractivity contribution in [2.75, 3.05) is 5.32 Å². The summed E-state index contributed by atoms with van der Waals surface area (Å²) in [5.74, 6) is 0.601. The second-order valence-corrected chi connectivity index (χ2v) is 5.50. The summed E-state index contributed by atoms with van der Waals surface area (Å²) in [6.07, 6.45) is 1.61. The monoisotopic (exact) mass is 287 g/mol. The van der Waals surface area contributed by atoms with Gasteiger partial charge in [-0.3, -0.25) is 4.79 Å². The van der Waals surface area contributed by atoms with E-state index in [0.717, 1.165) is 11.4 Å². The Labute approximate surface area is 124 Å². The molecule has 0 aliphatic carbocycles. The van der Waals surface area contributed by atoms with Crippen LogP contribution < -0.4 is 11.1 Å². The van der Waals surface area contributed by atoms with Crippen LogP contribution in [0.1, 0.15) is 25.2 Å². The van der Waals surface area contributed by atoms with Gasteiger partial charge in [-0.15, -0.1) is 0 Å². The first kappa shape index (κ1) is 15.2. The van der Waals surface area contributed by atoms with Gasteiger partial charge < -0.3 is 11.1 Å². The number of amides is 1. The number of hydrogen-bond acceptors (Lipinski definition) is 4. The van der Waals surface area contributed by atoms with Crippen LogP contribution in [0, 0.1) is 19.8 Å². The zero-order chi connectivity index (χ0) is 15.6. The molecule has 0 fully saturated rings. The number of carbonyl (C=O) groups is 1. The lowest BCUT2D eigenvalue weighted by atomic mass is 10.1. The number of nitrogens with zero attached hydrogens (tertiary/aromatic N) is 3. The van der Waals surface area contributed by atoms with Crippen LogP contribution in [0.3, 0.4) is 0 Å². The third-order valence-electron chi connectivity index (χ3n) is 3.26. The van der Waals surface area contributed by atoms with E-state index in [0.29, 0.717) is 11.5 Å². The highest BCUT2D eigenvalue weighted by molar-refractivity contribution is 5.94. The van der Waals surface area contributed by atoms with Gasteiger partial charge in [0.1, 0.15) is 0 Å². The lowest BCUT2D eigenvalue weighted by Crippen LogP contribution is -2.39. The molecule has 0 saturated carbocycles. The van der Waals surface area contributed by atoms with Crippen molar-refractivity contribution < 1.29 is 4.79 Å². The number of nitrogens with one attached hydrogen (secondary N) is 1. The fourth-order valence-corrected chi connectivity index (χ4v) is 1.97.